The first kappa shape index (κ1) is 10.7. The molecule has 1 aromatic rings. The van der Waals surface area contributed by atoms with Crippen LogP contribution in [0.3, 0.4) is 0 Å². The summed E-state index contributed by atoms with van der Waals surface area (Å²) in [5.41, 5.74) is 5.35. The number of phenols is 1. The van der Waals surface area contributed by atoms with Gasteiger partial charge in [-0.1, -0.05) is 11.6 Å². The second kappa shape index (κ2) is 3.81. The molecule has 1 unspecified atom stereocenters. The molecule has 0 spiro atoms. The Morgan fingerprint density at radius 1 is 1.64 bits per heavy atom. The molecule has 1 rings (SSSR count). The Hall–Kier alpha value is -1.33. The van der Waals surface area contributed by atoms with E-state index in [0.717, 1.165) is 6.07 Å². The van der Waals surface area contributed by atoms with Crippen LogP contribution >= 0.6 is 11.6 Å². The van der Waals surface area contributed by atoms with E-state index in [2.05, 4.69) is 0 Å². The minimum absolute atomic E-state index is 0.182. The summed E-state index contributed by atoms with van der Waals surface area (Å²) in [4.78, 5) is 9.79. The molecule has 0 aliphatic heterocycles. The molecule has 0 aliphatic rings. The summed E-state index contributed by atoms with van der Waals surface area (Å²) in [7, 11) is 0. The third-order valence-electron chi connectivity index (χ3n) is 1.77. The summed E-state index contributed by atoms with van der Waals surface area (Å²) >= 11 is 5.64. The normalized spacial score (nSPS) is 12.5. The molecule has 0 aliphatic carbocycles. The van der Waals surface area contributed by atoms with Gasteiger partial charge < -0.3 is 10.8 Å². The van der Waals surface area contributed by atoms with Crippen molar-refractivity contribution in [1.82, 2.24) is 0 Å². The number of hydrogen-bond donors (Lipinski definition) is 2. The SMILES string of the molecule is CC(N)c1cc(Cl)cc([N+](=O)[O-])c1O. The van der Waals surface area contributed by atoms with E-state index in [1.807, 2.05) is 0 Å². The molecule has 0 amide bonds. The maximum Gasteiger partial charge on any atom is 0.312 e. The molecule has 0 fully saturated rings. The molecule has 5 nitrogen and oxygen atoms in total. The fourth-order valence-electron chi connectivity index (χ4n) is 1.09. The Balaban J connectivity index is 3.40. The minimum atomic E-state index is -0.701. The van der Waals surface area contributed by atoms with Crippen LogP contribution in [0.2, 0.25) is 5.02 Å². The van der Waals surface area contributed by atoms with Crippen LogP contribution in [0.4, 0.5) is 5.69 Å². The summed E-state index contributed by atoms with van der Waals surface area (Å²) in [5.74, 6) is -0.422. The number of phenolic OH excluding ortho intramolecular Hbond substituents is 1. The Morgan fingerprint density at radius 2 is 2.21 bits per heavy atom. The number of nitrogens with two attached hydrogens (primary N) is 1. The highest BCUT2D eigenvalue weighted by atomic mass is 35.5. The summed E-state index contributed by atoms with van der Waals surface area (Å²) in [5, 5.41) is 20.2. The topological polar surface area (TPSA) is 89.4 Å². The van der Waals surface area contributed by atoms with Crippen LogP contribution in [-0.2, 0) is 0 Å². The van der Waals surface area contributed by atoms with Crippen LogP contribution in [0.5, 0.6) is 5.75 Å². The van der Waals surface area contributed by atoms with E-state index in [0.29, 0.717) is 0 Å². The molecule has 0 saturated heterocycles. The Labute approximate surface area is 85.3 Å². The van der Waals surface area contributed by atoms with Crippen molar-refractivity contribution in [2.75, 3.05) is 0 Å². The van der Waals surface area contributed by atoms with Crippen molar-refractivity contribution in [3.63, 3.8) is 0 Å². The lowest BCUT2D eigenvalue weighted by Crippen LogP contribution is -2.06. The first-order valence-corrected chi connectivity index (χ1v) is 4.23. The Bertz CT molecular complexity index is 379. The third-order valence-corrected chi connectivity index (χ3v) is 1.99. The molecule has 76 valence electrons. The number of rotatable bonds is 2. The van der Waals surface area contributed by atoms with Crippen molar-refractivity contribution in [3.05, 3.63) is 32.8 Å². The number of nitrogens with zero attached hydrogens (tertiary/aromatic N) is 1. The number of hydrogen-bond acceptors (Lipinski definition) is 4. The molecule has 6 heteroatoms. The maximum atomic E-state index is 10.5. The second-order valence-corrected chi connectivity index (χ2v) is 3.34. The predicted octanol–water partition coefficient (Wildman–Crippen LogP) is 1.97. The van der Waals surface area contributed by atoms with Crippen molar-refractivity contribution in [2.24, 2.45) is 5.73 Å². The zero-order chi connectivity index (χ0) is 10.9. The van der Waals surface area contributed by atoms with E-state index >= 15 is 0 Å². The van der Waals surface area contributed by atoms with Crippen LogP contribution in [0.15, 0.2) is 12.1 Å². The fourth-order valence-corrected chi connectivity index (χ4v) is 1.31. The molecule has 1 aromatic carbocycles. The zero-order valence-corrected chi connectivity index (χ0v) is 8.15. The standard InChI is InChI=1S/C8H9ClN2O3/c1-4(10)6-2-5(9)3-7(8(6)12)11(13)14/h2-4,12H,10H2,1H3. The molecule has 0 aromatic heterocycles. The Morgan fingerprint density at radius 3 is 2.64 bits per heavy atom. The van der Waals surface area contributed by atoms with Crippen molar-refractivity contribution in [2.45, 2.75) is 13.0 Å². The predicted molar refractivity (Wildman–Crippen MR) is 52.4 cm³/mol. The van der Waals surface area contributed by atoms with Gasteiger partial charge in [0.2, 0.25) is 0 Å². The molecule has 0 bridgehead atoms. The molecule has 3 N–H and O–H groups in total. The van der Waals surface area contributed by atoms with Gasteiger partial charge in [0.05, 0.1) is 4.92 Å². The van der Waals surface area contributed by atoms with Crippen LogP contribution in [0.1, 0.15) is 18.5 Å². The van der Waals surface area contributed by atoms with E-state index in [-0.39, 0.29) is 10.6 Å². The van der Waals surface area contributed by atoms with Crippen molar-refractivity contribution >= 4 is 17.3 Å². The summed E-state index contributed by atoms with van der Waals surface area (Å²) < 4.78 is 0. The van der Waals surface area contributed by atoms with Crippen molar-refractivity contribution in [3.8, 4) is 5.75 Å². The first-order chi connectivity index (χ1) is 6.43. The van der Waals surface area contributed by atoms with Gasteiger partial charge in [-0.05, 0) is 13.0 Å². The van der Waals surface area contributed by atoms with Crippen LogP contribution in [-0.4, -0.2) is 10.0 Å². The molecule has 0 radical (unpaired) electrons. The van der Waals surface area contributed by atoms with Crippen LogP contribution in [0.25, 0.3) is 0 Å². The average Bonchev–Trinajstić information content (AvgIpc) is 2.07. The van der Waals surface area contributed by atoms with Gasteiger partial charge in [-0.15, -0.1) is 0 Å². The number of benzene rings is 1. The lowest BCUT2D eigenvalue weighted by molar-refractivity contribution is -0.385. The van der Waals surface area contributed by atoms with E-state index in [1.165, 1.54) is 6.07 Å². The van der Waals surface area contributed by atoms with Gasteiger partial charge >= 0.3 is 5.69 Å². The molecule has 1 atom stereocenters. The lowest BCUT2D eigenvalue weighted by Gasteiger charge is -2.08. The summed E-state index contributed by atoms with van der Waals surface area (Å²) in [6.45, 7) is 1.61. The molecular formula is C8H9ClN2O3. The smallest absolute Gasteiger partial charge is 0.312 e. The molecular weight excluding hydrogens is 208 g/mol. The lowest BCUT2D eigenvalue weighted by atomic mass is 10.1. The highest BCUT2D eigenvalue weighted by Gasteiger charge is 2.20. The van der Waals surface area contributed by atoms with E-state index in [4.69, 9.17) is 17.3 Å². The highest BCUT2D eigenvalue weighted by molar-refractivity contribution is 6.31. The van der Waals surface area contributed by atoms with Gasteiger partial charge in [-0.25, -0.2) is 0 Å². The maximum absolute atomic E-state index is 10.5. The van der Waals surface area contributed by atoms with E-state index in [9.17, 15) is 15.2 Å². The van der Waals surface area contributed by atoms with Crippen molar-refractivity contribution < 1.29 is 10.0 Å². The van der Waals surface area contributed by atoms with Crippen LogP contribution in [0, 0.1) is 10.1 Å². The number of halogens is 1. The zero-order valence-electron chi connectivity index (χ0n) is 7.40. The summed E-state index contributed by atoms with van der Waals surface area (Å²) in [6.07, 6.45) is 0. The largest absolute Gasteiger partial charge is 0.502 e. The molecule has 14 heavy (non-hydrogen) atoms. The fraction of sp³-hybridized carbons (Fsp3) is 0.250. The molecule has 0 heterocycles. The quantitative estimate of drug-likeness (QED) is 0.584. The first-order valence-electron chi connectivity index (χ1n) is 3.86. The van der Waals surface area contributed by atoms with Gasteiger partial charge in [0.25, 0.3) is 0 Å². The second-order valence-electron chi connectivity index (χ2n) is 2.91. The number of nitro benzene ring substituents is 1. The van der Waals surface area contributed by atoms with E-state index < -0.39 is 22.4 Å². The van der Waals surface area contributed by atoms with Gasteiger partial charge in [0, 0.05) is 22.7 Å². The monoisotopic (exact) mass is 216 g/mol. The van der Waals surface area contributed by atoms with Gasteiger partial charge in [0.15, 0.2) is 5.75 Å². The molecule has 0 saturated carbocycles. The van der Waals surface area contributed by atoms with Gasteiger partial charge in [0.1, 0.15) is 0 Å². The van der Waals surface area contributed by atoms with Gasteiger partial charge in [-0.2, -0.15) is 0 Å². The van der Waals surface area contributed by atoms with Crippen LogP contribution < -0.4 is 5.73 Å². The Kier molecular flexibility index (Phi) is 2.93. The minimum Gasteiger partial charge on any atom is -0.502 e. The average molecular weight is 217 g/mol. The third kappa shape index (κ3) is 1.94. The highest BCUT2D eigenvalue weighted by Crippen LogP contribution is 2.35. The van der Waals surface area contributed by atoms with Gasteiger partial charge in [-0.3, -0.25) is 10.1 Å². The van der Waals surface area contributed by atoms with Crippen molar-refractivity contribution in [1.29, 1.82) is 0 Å². The summed E-state index contributed by atoms with van der Waals surface area (Å²) in [6, 6.07) is 1.99. The van der Waals surface area contributed by atoms with E-state index in [1.54, 1.807) is 6.92 Å². The number of aromatic hydroxyl groups is 1. The number of nitro groups is 1.